The van der Waals surface area contributed by atoms with Crippen LogP contribution in [-0.2, 0) is 11.3 Å². The number of nitrogens with one attached hydrogen (secondary N) is 1. The molecule has 18 heavy (non-hydrogen) atoms. The van der Waals surface area contributed by atoms with Crippen molar-refractivity contribution in [2.24, 2.45) is 0 Å². The van der Waals surface area contributed by atoms with Gasteiger partial charge >= 0.3 is 0 Å². The van der Waals surface area contributed by atoms with Crippen LogP contribution in [0.3, 0.4) is 0 Å². The third-order valence-electron chi connectivity index (χ3n) is 3.23. The van der Waals surface area contributed by atoms with Crippen LogP contribution >= 0.6 is 0 Å². The predicted octanol–water partition coefficient (Wildman–Crippen LogP) is 1.56. The molecule has 4 nitrogen and oxygen atoms in total. The van der Waals surface area contributed by atoms with Gasteiger partial charge < -0.3 is 5.32 Å². The zero-order valence-electron chi connectivity index (χ0n) is 9.99. The number of aromatic nitrogens is 2. The van der Waals surface area contributed by atoms with Gasteiger partial charge in [0.25, 0.3) is 0 Å². The Labute approximate surface area is 106 Å². The Morgan fingerprint density at radius 1 is 1.33 bits per heavy atom. The van der Waals surface area contributed by atoms with E-state index >= 15 is 0 Å². The van der Waals surface area contributed by atoms with Crippen molar-refractivity contribution in [3.05, 3.63) is 54.4 Å². The first-order valence-electron chi connectivity index (χ1n) is 6.14. The molecule has 4 heteroatoms. The monoisotopic (exact) mass is 241 g/mol. The number of hydrogen-bond acceptors (Lipinski definition) is 2. The molecule has 0 bridgehead atoms. The van der Waals surface area contributed by atoms with E-state index in [0.717, 1.165) is 6.42 Å². The van der Waals surface area contributed by atoms with E-state index in [0.29, 0.717) is 12.5 Å². The first-order valence-corrected chi connectivity index (χ1v) is 6.14. The summed E-state index contributed by atoms with van der Waals surface area (Å²) < 4.78 is 1.63. The van der Waals surface area contributed by atoms with E-state index in [4.69, 9.17) is 0 Å². The summed E-state index contributed by atoms with van der Waals surface area (Å²) in [5.41, 5.74) is 1.31. The summed E-state index contributed by atoms with van der Waals surface area (Å²) in [6.45, 7) is 0.297. The van der Waals surface area contributed by atoms with Crippen LogP contribution in [0.5, 0.6) is 0 Å². The van der Waals surface area contributed by atoms with Crippen molar-refractivity contribution >= 4 is 5.91 Å². The van der Waals surface area contributed by atoms with E-state index in [1.165, 1.54) is 5.56 Å². The second kappa shape index (κ2) is 4.64. The highest BCUT2D eigenvalue weighted by Crippen LogP contribution is 2.40. The van der Waals surface area contributed by atoms with E-state index in [-0.39, 0.29) is 11.9 Å². The molecular formula is C14H15N3O. The zero-order chi connectivity index (χ0) is 12.4. The van der Waals surface area contributed by atoms with Crippen LogP contribution in [0.4, 0.5) is 0 Å². The van der Waals surface area contributed by atoms with Crippen LogP contribution < -0.4 is 5.32 Å². The summed E-state index contributed by atoms with van der Waals surface area (Å²) in [4.78, 5) is 11.8. The van der Waals surface area contributed by atoms with Crippen molar-refractivity contribution in [1.82, 2.24) is 15.1 Å². The fourth-order valence-electron chi connectivity index (χ4n) is 2.22. The van der Waals surface area contributed by atoms with Gasteiger partial charge in [-0.1, -0.05) is 30.3 Å². The smallest absolute Gasteiger partial charge is 0.241 e. The van der Waals surface area contributed by atoms with Crippen LogP contribution in [0.15, 0.2) is 48.8 Å². The fourth-order valence-corrected chi connectivity index (χ4v) is 2.22. The maximum absolute atomic E-state index is 11.8. The molecule has 2 aromatic rings. The summed E-state index contributed by atoms with van der Waals surface area (Å²) in [6, 6.07) is 12.4. The van der Waals surface area contributed by atoms with Gasteiger partial charge in [0.05, 0.1) is 0 Å². The normalized spacial score (nSPS) is 21.6. The fraction of sp³-hybridized carbons (Fsp3) is 0.286. The van der Waals surface area contributed by atoms with Gasteiger partial charge in [-0.2, -0.15) is 5.10 Å². The Morgan fingerprint density at radius 2 is 2.17 bits per heavy atom. The lowest BCUT2D eigenvalue weighted by molar-refractivity contribution is -0.122. The quantitative estimate of drug-likeness (QED) is 0.883. The maximum atomic E-state index is 11.8. The zero-order valence-corrected chi connectivity index (χ0v) is 9.99. The minimum absolute atomic E-state index is 0.0298. The average Bonchev–Trinajstić information content (AvgIpc) is 2.95. The summed E-state index contributed by atoms with van der Waals surface area (Å²) in [6.07, 6.45) is 4.51. The van der Waals surface area contributed by atoms with Crippen molar-refractivity contribution < 1.29 is 4.79 Å². The van der Waals surface area contributed by atoms with Crippen LogP contribution in [-0.4, -0.2) is 21.7 Å². The van der Waals surface area contributed by atoms with Gasteiger partial charge in [-0.3, -0.25) is 9.48 Å². The first-order chi connectivity index (χ1) is 8.83. The van der Waals surface area contributed by atoms with E-state index in [2.05, 4.69) is 22.5 Å². The molecule has 1 aromatic heterocycles. The molecule has 1 aromatic carbocycles. The minimum atomic E-state index is 0.0298. The van der Waals surface area contributed by atoms with Crippen molar-refractivity contribution in [1.29, 1.82) is 0 Å². The summed E-state index contributed by atoms with van der Waals surface area (Å²) in [7, 11) is 0. The van der Waals surface area contributed by atoms with Crippen LogP contribution in [0.2, 0.25) is 0 Å². The summed E-state index contributed by atoms with van der Waals surface area (Å²) in [5.74, 6) is 0.509. The second-order valence-corrected chi connectivity index (χ2v) is 4.63. The van der Waals surface area contributed by atoms with Gasteiger partial charge in [-0.05, 0) is 18.1 Å². The Morgan fingerprint density at radius 3 is 2.89 bits per heavy atom. The predicted molar refractivity (Wildman–Crippen MR) is 68.0 cm³/mol. The van der Waals surface area contributed by atoms with Gasteiger partial charge in [0.15, 0.2) is 0 Å². The van der Waals surface area contributed by atoms with E-state index in [1.54, 1.807) is 17.1 Å². The molecule has 0 saturated heterocycles. The molecule has 1 saturated carbocycles. The third kappa shape index (κ3) is 2.42. The highest BCUT2D eigenvalue weighted by molar-refractivity contribution is 5.76. The largest absolute Gasteiger partial charge is 0.351 e. The molecule has 2 atom stereocenters. The Bertz CT molecular complexity index is 521. The number of carbonyl (C=O) groups excluding carboxylic acids is 1. The number of rotatable bonds is 4. The first kappa shape index (κ1) is 11.0. The Balaban J connectivity index is 1.52. The van der Waals surface area contributed by atoms with Crippen LogP contribution in [0, 0.1) is 0 Å². The number of hydrogen-bond donors (Lipinski definition) is 1. The van der Waals surface area contributed by atoms with Crippen LogP contribution in [0.25, 0.3) is 0 Å². The highest BCUT2D eigenvalue weighted by Gasteiger charge is 2.39. The van der Waals surface area contributed by atoms with Crippen molar-refractivity contribution in [2.75, 3.05) is 0 Å². The number of benzene rings is 1. The molecule has 1 N–H and O–H groups in total. The molecule has 1 fully saturated rings. The molecule has 92 valence electrons. The minimum Gasteiger partial charge on any atom is -0.351 e. The molecule has 3 rings (SSSR count). The van der Waals surface area contributed by atoms with Gasteiger partial charge in [-0.25, -0.2) is 0 Å². The lowest BCUT2D eigenvalue weighted by atomic mass is 10.1. The van der Waals surface area contributed by atoms with Gasteiger partial charge in [0.2, 0.25) is 5.91 Å². The Hall–Kier alpha value is -2.10. The average molecular weight is 241 g/mol. The maximum Gasteiger partial charge on any atom is 0.241 e. The number of carbonyl (C=O) groups is 1. The Kier molecular flexibility index (Phi) is 2.84. The summed E-state index contributed by atoms with van der Waals surface area (Å²) in [5, 5.41) is 7.06. The third-order valence-corrected chi connectivity index (χ3v) is 3.23. The van der Waals surface area contributed by atoms with Crippen LogP contribution in [0.1, 0.15) is 17.9 Å². The van der Waals surface area contributed by atoms with Crippen molar-refractivity contribution in [2.45, 2.75) is 24.9 Å². The molecule has 0 aliphatic heterocycles. The topological polar surface area (TPSA) is 46.9 Å². The summed E-state index contributed by atoms with van der Waals surface area (Å²) >= 11 is 0. The number of amides is 1. The molecule has 0 radical (unpaired) electrons. The standard InChI is InChI=1S/C14H15N3O/c18-14(10-17-8-4-7-15-17)16-13-9-12(13)11-5-2-1-3-6-11/h1-8,12-13H,9-10H2,(H,16,18)/t12-,13-/m0/s1. The van der Waals surface area contributed by atoms with E-state index < -0.39 is 0 Å². The molecular weight excluding hydrogens is 226 g/mol. The lowest BCUT2D eigenvalue weighted by Crippen LogP contribution is -2.30. The van der Waals surface area contributed by atoms with Gasteiger partial charge in [0, 0.05) is 24.4 Å². The highest BCUT2D eigenvalue weighted by atomic mass is 16.2. The second-order valence-electron chi connectivity index (χ2n) is 4.63. The molecule has 1 heterocycles. The van der Waals surface area contributed by atoms with E-state index in [9.17, 15) is 4.79 Å². The molecule has 1 aliphatic carbocycles. The van der Waals surface area contributed by atoms with Crippen molar-refractivity contribution in [3.63, 3.8) is 0 Å². The van der Waals surface area contributed by atoms with Gasteiger partial charge in [0.1, 0.15) is 6.54 Å². The SMILES string of the molecule is O=C(Cn1cccn1)N[C@H]1C[C@H]1c1ccccc1. The number of nitrogens with zero attached hydrogens (tertiary/aromatic N) is 2. The van der Waals surface area contributed by atoms with E-state index in [1.807, 2.05) is 24.3 Å². The molecule has 1 aliphatic rings. The molecule has 0 unspecified atom stereocenters. The molecule has 1 amide bonds. The lowest BCUT2D eigenvalue weighted by Gasteiger charge is -2.05. The molecule has 0 spiro atoms. The van der Waals surface area contributed by atoms with Crippen molar-refractivity contribution in [3.8, 4) is 0 Å². The van der Waals surface area contributed by atoms with Gasteiger partial charge in [-0.15, -0.1) is 0 Å².